The summed E-state index contributed by atoms with van der Waals surface area (Å²) in [7, 11) is 1.32. The summed E-state index contributed by atoms with van der Waals surface area (Å²) in [4.78, 5) is 28.7. The maximum absolute atomic E-state index is 12.5. The Morgan fingerprint density at radius 3 is 2.45 bits per heavy atom. The summed E-state index contributed by atoms with van der Waals surface area (Å²) in [6.45, 7) is 0. The molecule has 6 heteroatoms. The lowest BCUT2D eigenvalue weighted by Gasteiger charge is -2.17. The van der Waals surface area contributed by atoms with Crippen LogP contribution in [0, 0.1) is 11.3 Å². The maximum atomic E-state index is 12.5. The second-order valence-corrected chi connectivity index (χ2v) is 6.75. The number of nitriles is 1. The van der Waals surface area contributed by atoms with Gasteiger partial charge >= 0.3 is 5.97 Å². The van der Waals surface area contributed by atoms with Crippen LogP contribution in [0.4, 0.5) is 0 Å². The van der Waals surface area contributed by atoms with Crippen molar-refractivity contribution in [3.8, 4) is 17.3 Å². The molecule has 6 nitrogen and oxygen atoms in total. The van der Waals surface area contributed by atoms with E-state index in [1.54, 1.807) is 36.5 Å². The molecule has 0 radical (unpaired) electrons. The van der Waals surface area contributed by atoms with Crippen LogP contribution in [0.5, 0.6) is 0 Å². The Bertz CT molecular complexity index is 1100. The van der Waals surface area contributed by atoms with Crippen molar-refractivity contribution in [3.63, 3.8) is 0 Å². The molecular weight excluding hydrogens is 390 g/mol. The van der Waals surface area contributed by atoms with Gasteiger partial charge in [-0.15, -0.1) is 0 Å². The topological polar surface area (TPSA) is 92.1 Å². The Balaban J connectivity index is 1.74. The smallest absolute Gasteiger partial charge is 0.307 e. The van der Waals surface area contributed by atoms with Gasteiger partial charge in [-0.2, -0.15) is 5.26 Å². The number of nitrogens with one attached hydrogen (secondary N) is 1. The number of aromatic nitrogens is 1. The number of carbonyl (C=O) groups excluding carboxylic acids is 2. The van der Waals surface area contributed by atoms with E-state index in [1.807, 2.05) is 42.5 Å². The van der Waals surface area contributed by atoms with Crippen molar-refractivity contribution in [1.29, 1.82) is 5.26 Å². The van der Waals surface area contributed by atoms with Crippen molar-refractivity contribution in [2.24, 2.45) is 0 Å². The third-order valence-corrected chi connectivity index (χ3v) is 4.66. The largest absolute Gasteiger partial charge is 0.469 e. The van der Waals surface area contributed by atoms with E-state index in [2.05, 4.69) is 16.4 Å². The fraction of sp³-hybridized carbons (Fsp3) is 0.120. The molecule has 154 valence electrons. The van der Waals surface area contributed by atoms with E-state index < -0.39 is 12.0 Å². The van der Waals surface area contributed by atoms with E-state index in [0.717, 1.165) is 22.4 Å². The number of hydrogen-bond acceptors (Lipinski definition) is 5. The number of esters is 1. The van der Waals surface area contributed by atoms with Crippen LogP contribution in [0.2, 0.25) is 0 Å². The molecule has 1 aromatic heterocycles. The van der Waals surface area contributed by atoms with Crippen LogP contribution < -0.4 is 5.32 Å². The molecule has 0 aliphatic rings. The molecule has 1 N–H and O–H groups in total. The van der Waals surface area contributed by atoms with Crippen LogP contribution in [0.3, 0.4) is 0 Å². The van der Waals surface area contributed by atoms with Gasteiger partial charge in [0.25, 0.3) is 0 Å². The van der Waals surface area contributed by atoms with Crippen molar-refractivity contribution in [2.45, 2.75) is 12.5 Å². The number of pyridine rings is 1. The summed E-state index contributed by atoms with van der Waals surface area (Å²) in [5.74, 6) is -0.762. The molecule has 1 unspecified atom stereocenters. The van der Waals surface area contributed by atoms with Gasteiger partial charge in [-0.25, -0.2) is 0 Å². The Labute approximate surface area is 180 Å². The van der Waals surface area contributed by atoms with Crippen molar-refractivity contribution in [1.82, 2.24) is 10.3 Å². The summed E-state index contributed by atoms with van der Waals surface area (Å²) in [6, 6.07) is 21.6. The highest BCUT2D eigenvalue weighted by atomic mass is 16.5. The van der Waals surface area contributed by atoms with Gasteiger partial charge in [0, 0.05) is 17.8 Å². The second kappa shape index (κ2) is 10.5. The number of rotatable bonds is 7. The van der Waals surface area contributed by atoms with Gasteiger partial charge in [-0.05, 0) is 41.5 Å². The lowest BCUT2D eigenvalue weighted by molar-refractivity contribution is -0.141. The van der Waals surface area contributed by atoms with E-state index in [4.69, 9.17) is 10.00 Å². The molecule has 0 fully saturated rings. The van der Waals surface area contributed by atoms with Gasteiger partial charge in [-0.3, -0.25) is 14.6 Å². The highest BCUT2D eigenvalue weighted by molar-refractivity contribution is 5.92. The molecule has 1 amide bonds. The number of amides is 1. The summed E-state index contributed by atoms with van der Waals surface area (Å²) in [6.07, 6.45) is 4.78. The van der Waals surface area contributed by atoms with E-state index in [9.17, 15) is 9.59 Å². The van der Waals surface area contributed by atoms with E-state index in [-0.39, 0.29) is 12.3 Å². The lowest BCUT2D eigenvalue weighted by atomic mass is 10.0. The first-order chi connectivity index (χ1) is 15.1. The minimum atomic E-state index is -0.539. The van der Waals surface area contributed by atoms with Gasteiger partial charge in [0.1, 0.15) is 0 Å². The maximum Gasteiger partial charge on any atom is 0.307 e. The molecule has 0 saturated carbocycles. The predicted molar refractivity (Wildman–Crippen MR) is 117 cm³/mol. The van der Waals surface area contributed by atoms with Crippen LogP contribution in [-0.2, 0) is 14.3 Å². The van der Waals surface area contributed by atoms with Crippen LogP contribution in [-0.4, -0.2) is 24.0 Å². The third-order valence-electron chi connectivity index (χ3n) is 4.66. The third kappa shape index (κ3) is 6.12. The van der Waals surface area contributed by atoms with Crippen LogP contribution in [0.15, 0.2) is 79.0 Å². The number of hydrogen-bond donors (Lipinski definition) is 1. The number of ether oxygens (including phenoxy) is 1. The first-order valence-corrected chi connectivity index (χ1v) is 9.66. The Morgan fingerprint density at radius 1 is 1.10 bits per heavy atom. The molecule has 0 spiro atoms. The fourth-order valence-corrected chi connectivity index (χ4v) is 2.98. The summed E-state index contributed by atoms with van der Waals surface area (Å²) in [5.41, 5.74) is 3.90. The Morgan fingerprint density at radius 2 is 1.84 bits per heavy atom. The molecular formula is C25H21N3O3. The standard InChI is InChI=1S/C25H21N3O3/c1-31-25(30)16-23(21-12-10-20(11-13-21)22-4-2-3-15-27-22)28-24(29)14-9-18-5-7-19(17-26)8-6-18/h2-15,23H,16H2,1H3,(H,28,29). The minimum absolute atomic E-state index is 0.00980. The molecule has 31 heavy (non-hydrogen) atoms. The number of methoxy groups -OCH3 is 1. The summed E-state index contributed by atoms with van der Waals surface area (Å²) >= 11 is 0. The highest BCUT2D eigenvalue weighted by Gasteiger charge is 2.18. The van der Waals surface area contributed by atoms with Gasteiger partial charge < -0.3 is 10.1 Å². The molecule has 1 heterocycles. The van der Waals surface area contributed by atoms with E-state index in [1.165, 1.54) is 13.2 Å². The molecule has 0 aliphatic heterocycles. The highest BCUT2D eigenvalue weighted by Crippen LogP contribution is 2.22. The zero-order valence-corrected chi connectivity index (χ0v) is 17.0. The number of nitrogens with zero attached hydrogens (tertiary/aromatic N) is 2. The molecule has 2 aromatic carbocycles. The molecule has 3 aromatic rings. The second-order valence-electron chi connectivity index (χ2n) is 6.75. The SMILES string of the molecule is COC(=O)CC(NC(=O)C=Cc1ccc(C#N)cc1)c1ccc(-c2ccccn2)cc1. The number of benzene rings is 2. The average Bonchev–Trinajstić information content (AvgIpc) is 2.83. The van der Waals surface area contributed by atoms with Crippen LogP contribution in [0.25, 0.3) is 17.3 Å². The van der Waals surface area contributed by atoms with Crippen molar-refractivity contribution >= 4 is 18.0 Å². The normalized spacial score (nSPS) is 11.5. The van der Waals surface area contributed by atoms with E-state index in [0.29, 0.717) is 5.56 Å². The van der Waals surface area contributed by atoms with E-state index >= 15 is 0 Å². The zero-order valence-electron chi connectivity index (χ0n) is 17.0. The van der Waals surface area contributed by atoms with Crippen molar-refractivity contribution in [3.05, 3.63) is 95.7 Å². The Hall–Kier alpha value is -4.24. The van der Waals surface area contributed by atoms with Gasteiger partial charge in [0.15, 0.2) is 0 Å². The molecule has 0 aliphatic carbocycles. The quantitative estimate of drug-likeness (QED) is 0.468. The molecule has 3 rings (SSSR count). The fourth-order valence-electron chi connectivity index (χ4n) is 2.98. The van der Waals surface area contributed by atoms with Crippen LogP contribution >= 0.6 is 0 Å². The van der Waals surface area contributed by atoms with Crippen molar-refractivity contribution < 1.29 is 14.3 Å². The lowest BCUT2D eigenvalue weighted by Crippen LogP contribution is -2.29. The Kier molecular flexibility index (Phi) is 7.28. The van der Waals surface area contributed by atoms with Crippen molar-refractivity contribution in [2.75, 3.05) is 7.11 Å². The van der Waals surface area contributed by atoms with Gasteiger partial charge in [0.05, 0.1) is 36.9 Å². The molecule has 0 saturated heterocycles. The molecule has 1 atom stereocenters. The minimum Gasteiger partial charge on any atom is -0.469 e. The summed E-state index contributed by atoms with van der Waals surface area (Å²) in [5, 5.41) is 11.7. The van der Waals surface area contributed by atoms with Gasteiger partial charge in [0.2, 0.25) is 5.91 Å². The molecule has 0 bridgehead atoms. The zero-order chi connectivity index (χ0) is 22.1. The van der Waals surface area contributed by atoms with Crippen LogP contribution in [0.1, 0.15) is 29.2 Å². The summed E-state index contributed by atoms with van der Waals surface area (Å²) < 4.78 is 4.78. The number of carbonyl (C=O) groups is 2. The average molecular weight is 411 g/mol. The van der Waals surface area contributed by atoms with Gasteiger partial charge in [-0.1, -0.05) is 42.5 Å². The first kappa shape index (κ1) is 21.5. The first-order valence-electron chi connectivity index (χ1n) is 9.66. The predicted octanol–water partition coefficient (Wildman–Crippen LogP) is 4.05. The monoisotopic (exact) mass is 411 g/mol.